The van der Waals surface area contributed by atoms with Gasteiger partial charge in [0, 0.05) is 0 Å². The fourth-order valence-corrected chi connectivity index (χ4v) is 2.02. The summed E-state index contributed by atoms with van der Waals surface area (Å²) < 4.78 is 0. The van der Waals surface area contributed by atoms with Gasteiger partial charge in [-0.1, -0.05) is 88.8 Å². The number of carbonyl (C=O) groups is 2. The normalized spacial score (nSPS) is 9.15. The van der Waals surface area contributed by atoms with Crippen molar-refractivity contribution < 1.29 is 19.8 Å². The van der Waals surface area contributed by atoms with Gasteiger partial charge in [0.15, 0.2) is 0 Å². The monoisotopic (exact) mass is 358 g/mol. The molecule has 0 radical (unpaired) electrons. The Bertz CT molecular complexity index is 539. The molecule has 0 spiro atoms. The molecule has 0 unspecified atom stereocenters. The summed E-state index contributed by atoms with van der Waals surface area (Å²) in [5, 5.41) is 16.8. The summed E-state index contributed by atoms with van der Waals surface area (Å²) in [6, 6.07) is 16.6. The first-order valence-electron chi connectivity index (χ1n) is 9.09. The maximum atomic E-state index is 10.2. The number of hydrogen-bond donors (Lipinski definition) is 2. The molecule has 4 nitrogen and oxygen atoms in total. The standard InChI is InChI=1S/C8H18.2C7H6O2/c1-3-5-7-8-6-4-2;2*8-7(9)6-4-2-1-3-5-6/h3-8H2,1-2H3;2*1-5H,(H,8,9). The Morgan fingerprint density at radius 3 is 1.12 bits per heavy atom. The summed E-state index contributed by atoms with van der Waals surface area (Å²) in [5.41, 5.74) is 0.662. The quantitative estimate of drug-likeness (QED) is 0.583. The maximum absolute atomic E-state index is 10.2. The molecular formula is C22H30O4. The highest BCUT2D eigenvalue weighted by Crippen LogP contribution is 2.03. The van der Waals surface area contributed by atoms with E-state index in [9.17, 15) is 9.59 Å². The van der Waals surface area contributed by atoms with Gasteiger partial charge in [-0.25, -0.2) is 9.59 Å². The zero-order valence-corrected chi connectivity index (χ0v) is 15.7. The van der Waals surface area contributed by atoms with Crippen molar-refractivity contribution in [3.8, 4) is 0 Å². The number of aromatic carboxylic acids is 2. The maximum Gasteiger partial charge on any atom is 0.335 e. The molecular weight excluding hydrogens is 328 g/mol. The smallest absolute Gasteiger partial charge is 0.335 e. The second-order valence-electron chi connectivity index (χ2n) is 5.76. The predicted octanol–water partition coefficient (Wildman–Crippen LogP) is 6.14. The molecule has 2 rings (SSSR count). The molecule has 0 aliphatic carbocycles. The number of benzene rings is 2. The van der Waals surface area contributed by atoms with Crippen molar-refractivity contribution in [2.75, 3.05) is 0 Å². The topological polar surface area (TPSA) is 74.6 Å². The zero-order chi connectivity index (χ0) is 19.6. The Labute approximate surface area is 156 Å². The lowest BCUT2D eigenvalue weighted by atomic mass is 10.1. The summed E-state index contributed by atoms with van der Waals surface area (Å²) in [6.07, 6.45) is 8.49. The van der Waals surface area contributed by atoms with Gasteiger partial charge < -0.3 is 10.2 Å². The van der Waals surface area contributed by atoms with E-state index in [-0.39, 0.29) is 0 Å². The molecule has 0 fully saturated rings. The van der Waals surface area contributed by atoms with Crippen LogP contribution in [0.1, 0.15) is 73.1 Å². The zero-order valence-electron chi connectivity index (χ0n) is 15.7. The van der Waals surface area contributed by atoms with Crippen molar-refractivity contribution in [1.82, 2.24) is 0 Å². The van der Waals surface area contributed by atoms with E-state index in [1.165, 1.54) is 38.5 Å². The van der Waals surface area contributed by atoms with Crippen molar-refractivity contribution in [3.63, 3.8) is 0 Å². The van der Waals surface area contributed by atoms with E-state index in [4.69, 9.17) is 10.2 Å². The Morgan fingerprint density at radius 1 is 0.615 bits per heavy atom. The second kappa shape index (κ2) is 15.9. The Kier molecular flexibility index (Phi) is 14.3. The van der Waals surface area contributed by atoms with Gasteiger partial charge in [-0.3, -0.25) is 0 Å². The molecule has 0 aromatic heterocycles. The van der Waals surface area contributed by atoms with E-state index in [1.807, 2.05) is 0 Å². The Morgan fingerprint density at radius 2 is 0.923 bits per heavy atom. The van der Waals surface area contributed by atoms with Crippen molar-refractivity contribution in [3.05, 3.63) is 71.8 Å². The van der Waals surface area contributed by atoms with E-state index < -0.39 is 11.9 Å². The number of hydrogen-bond acceptors (Lipinski definition) is 2. The van der Waals surface area contributed by atoms with Gasteiger partial charge in [-0.05, 0) is 24.3 Å². The van der Waals surface area contributed by atoms with Crippen LogP contribution in [-0.2, 0) is 0 Å². The van der Waals surface area contributed by atoms with E-state index >= 15 is 0 Å². The molecule has 0 aliphatic heterocycles. The molecule has 0 heterocycles. The molecule has 2 N–H and O–H groups in total. The highest BCUT2D eigenvalue weighted by molar-refractivity contribution is 5.87. The molecule has 2 aromatic rings. The lowest BCUT2D eigenvalue weighted by molar-refractivity contribution is 0.0686. The fourth-order valence-electron chi connectivity index (χ4n) is 2.02. The van der Waals surface area contributed by atoms with E-state index in [2.05, 4.69) is 13.8 Å². The van der Waals surface area contributed by atoms with Gasteiger partial charge in [0.25, 0.3) is 0 Å². The van der Waals surface area contributed by atoms with Crippen LogP contribution in [0.3, 0.4) is 0 Å². The van der Waals surface area contributed by atoms with Crippen molar-refractivity contribution >= 4 is 11.9 Å². The van der Waals surface area contributed by atoms with Crippen LogP contribution in [0, 0.1) is 0 Å². The lowest BCUT2D eigenvalue weighted by Crippen LogP contribution is -1.93. The molecule has 2 aromatic carbocycles. The van der Waals surface area contributed by atoms with Crippen LogP contribution in [0.5, 0.6) is 0 Å². The fraction of sp³-hybridized carbons (Fsp3) is 0.364. The number of rotatable bonds is 7. The number of unbranched alkanes of at least 4 members (excludes halogenated alkanes) is 5. The largest absolute Gasteiger partial charge is 0.478 e. The van der Waals surface area contributed by atoms with Gasteiger partial charge >= 0.3 is 11.9 Å². The molecule has 0 aliphatic rings. The second-order valence-corrected chi connectivity index (χ2v) is 5.76. The average molecular weight is 358 g/mol. The van der Waals surface area contributed by atoms with Crippen molar-refractivity contribution in [2.45, 2.75) is 52.4 Å². The third-order valence-corrected chi connectivity index (χ3v) is 3.50. The van der Waals surface area contributed by atoms with Crippen molar-refractivity contribution in [2.24, 2.45) is 0 Å². The first-order valence-corrected chi connectivity index (χ1v) is 9.09. The van der Waals surface area contributed by atoms with Crippen LogP contribution in [-0.4, -0.2) is 22.2 Å². The number of carboxylic acid groups (broad SMARTS) is 2. The Hall–Kier alpha value is -2.62. The summed E-state index contributed by atoms with van der Waals surface area (Å²) in [7, 11) is 0. The van der Waals surface area contributed by atoms with Crippen molar-refractivity contribution in [1.29, 1.82) is 0 Å². The first-order chi connectivity index (χ1) is 12.5. The van der Waals surface area contributed by atoms with Gasteiger partial charge in [-0.15, -0.1) is 0 Å². The van der Waals surface area contributed by atoms with Crippen LogP contribution < -0.4 is 0 Å². The summed E-state index contributed by atoms with van der Waals surface area (Å²) in [5.74, 6) is -1.76. The summed E-state index contributed by atoms with van der Waals surface area (Å²) >= 11 is 0. The van der Waals surface area contributed by atoms with Gasteiger partial charge in [0.05, 0.1) is 11.1 Å². The first kappa shape index (κ1) is 23.4. The molecule has 4 heteroatoms. The minimum Gasteiger partial charge on any atom is -0.478 e. The third-order valence-electron chi connectivity index (χ3n) is 3.50. The number of carboxylic acids is 2. The molecule has 142 valence electrons. The minimum absolute atomic E-state index is 0.331. The van der Waals surface area contributed by atoms with Crippen LogP contribution in [0.25, 0.3) is 0 Å². The Balaban J connectivity index is 0.000000362. The van der Waals surface area contributed by atoms with Crippen LogP contribution in [0.2, 0.25) is 0 Å². The van der Waals surface area contributed by atoms with Gasteiger partial charge in [0.1, 0.15) is 0 Å². The lowest BCUT2D eigenvalue weighted by Gasteiger charge is -1.93. The predicted molar refractivity (Wildman–Crippen MR) is 106 cm³/mol. The molecule has 0 saturated heterocycles. The third kappa shape index (κ3) is 12.8. The van der Waals surface area contributed by atoms with Crippen LogP contribution in [0.4, 0.5) is 0 Å². The van der Waals surface area contributed by atoms with Crippen LogP contribution >= 0.6 is 0 Å². The van der Waals surface area contributed by atoms with E-state index in [0.717, 1.165) is 0 Å². The molecule has 26 heavy (non-hydrogen) atoms. The average Bonchev–Trinajstić information content (AvgIpc) is 2.68. The molecule has 0 saturated carbocycles. The highest BCUT2D eigenvalue weighted by atomic mass is 16.4. The van der Waals surface area contributed by atoms with E-state index in [1.54, 1.807) is 60.7 Å². The van der Waals surface area contributed by atoms with Crippen LogP contribution in [0.15, 0.2) is 60.7 Å². The highest BCUT2D eigenvalue weighted by Gasteiger charge is 1.97. The van der Waals surface area contributed by atoms with Gasteiger partial charge in [-0.2, -0.15) is 0 Å². The SMILES string of the molecule is CCCCCCCC.O=C(O)c1ccccc1.O=C(O)c1ccccc1. The molecule has 0 bridgehead atoms. The summed E-state index contributed by atoms with van der Waals surface area (Å²) in [6.45, 7) is 4.51. The minimum atomic E-state index is -0.879. The summed E-state index contributed by atoms with van der Waals surface area (Å²) in [4.78, 5) is 20.4. The van der Waals surface area contributed by atoms with Gasteiger partial charge in [0.2, 0.25) is 0 Å². The van der Waals surface area contributed by atoms with E-state index in [0.29, 0.717) is 11.1 Å². The molecule has 0 amide bonds. The molecule has 0 atom stereocenters.